The van der Waals surface area contributed by atoms with Crippen molar-refractivity contribution in [3.63, 3.8) is 0 Å². The highest BCUT2D eigenvalue weighted by atomic mass is 35.5. The first-order valence-corrected chi connectivity index (χ1v) is 8.00. The van der Waals surface area contributed by atoms with Gasteiger partial charge in [-0.3, -0.25) is 9.78 Å². The molecule has 1 aliphatic rings. The highest BCUT2D eigenvalue weighted by Gasteiger charge is 2.15. The minimum Gasteiger partial charge on any atom is -0.351 e. The van der Waals surface area contributed by atoms with Crippen LogP contribution in [0.3, 0.4) is 0 Å². The van der Waals surface area contributed by atoms with Crippen LogP contribution in [0.2, 0.25) is 0 Å². The molecule has 0 radical (unpaired) electrons. The summed E-state index contributed by atoms with van der Waals surface area (Å²) in [5, 5.41) is 7.17. The van der Waals surface area contributed by atoms with E-state index in [1.807, 2.05) is 12.1 Å². The Bertz CT molecular complexity index is 603. The summed E-state index contributed by atoms with van der Waals surface area (Å²) < 4.78 is 0. The van der Waals surface area contributed by atoms with Crippen molar-refractivity contribution in [1.82, 2.24) is 20.6 Å². The second-order valence-corrected chi connectivity index (χ2v) is 6.20. The Morgan fingerprint density at radius 3 is 2.83 bits per heavy atom. The molecule has 2 N–H and O–H groups in total. The lowest BCUT2D eigenvalue weighted by Gasteiger charge is -2.08. The van der Waals surface area contributed by atoms with Crippen LogP contribution >= 0.6 is 36.2 Å². The second-order valence-electron chi connectivity index (χ2n) is 5.17. The fourth-order valence-electron chi connectivity index (χ4n) is 2.44. The fourth-order valence-corrected chi connectivity index (χ4v) is 3.28. The maximum atomic E-state index is 12.1. The zero-order chi connectivity index (χ0) is 14.5. The van der Waals surface area contributed by atoms with Crippen molar-refractivity contribution < 1.29 is 4.79 Å². The monoisotopic (exact) mass is 374 g/mol. The zero-order valence-corrected chi connectivity index (χ0v) is 15.0. The fraction of sp³-hybridized carbons (Fsp3) is 0.400. The second kappa shape index (κ2) is 9.82. The lowest BCUT2D eigenvalue weighted by Crippen LogP contribution is -2.25. The van der Waals surface area contributed by atoms with Gasteiger partial charge >= 0.3 is 0 Å². The first kappa shape index (κ1) is 19.8. The first-order valence-electron chi connectivity index (χ1n) is 7.18. The van der Waals surface area contributed by atoms with Gasteiger partial charge in [-0.2, -0.15) is 0 Å². The molecule has 126 valence electrons. The summed E-state index contributed by atoms with van der Waals surface area (Å²) in [4.78, 5) is 21.0. The number of pyridine rings is 1. The third kappa shape index (κ3) is 5.42. The van der Waals surface area contributed by atoms with E-state index in [0.717, 1.165) is 36.6 Å². The molecule has 2 aromatic rings. The number of amides is 1. The molecule has 1 amide bonds. The van der Waals surface area contributed by atoms with Gasteiger partial charge in [-0.15, -0.1) is 36.2 Å². The number of rotatable bonds is 5. The Morgan fingerprint density at radius 2 is 2.13 bits per heavy atom. The highest BCUT2D eigenvalue weighted by molar-refractivity contribution is 7.16. The summed E-state index contributed by atoms with van der Waals surface area (Å²) in [7, 11) is 0. The molecule has 1 unspecified atom stereocenters. The molecule has 0 spiro atoms. The molecule has 2 aromatic heterocycles. The van der Waals surface area contributed by atoms with Crippen molar-refractivity contribution in [2.45, 2.75) is 12.8 Å². The number of nitrogens with zero attached hydrogens (tertiary/aromatic N) is 2. The molecule has 23 heavy (non-hydrogen) atoms. The summed E-state index contributed by atoms with van der Waals surface area (Å²) in [6.07, 6.45) is 7.35. The third-order valence-corrected chi connectivity index (χ3v) is 4.70. The molecular weight excluding hydrogens is 355 g/mol. The van der Waals surface area contributed by atoms with E-state index in [4.69, 9.17) is 0 Å². The van der Waals surface area contributed by atoms with E-state index in [2.05, 4.69) is 20.6 Å². The average Bonchev–Trinajstić information content (AvgIpc) is 3.20. The molecule has 0 aromatic carbocycles. The van der Waals surface area contributed by atoms with E-state index in [-0.39, 0.29) is 30.7 Å². The Kier molecular flexibility index (Phi) is 8.47. The van der Waals surface area contributed by atoms with Gasteiger partial charge < -0.3 is 10.6 Å². The first-order chi connectivity index (χ1) is 10.3. The van der Waals surface area contributed by atoms with Crippen LogP contribution in [0.25, 0.3) is 10.6 Å². The Labute approximate surface area is 152 Å². The molecule has 3 rings (SSSR count). The van der Waals surface area contributed by atoms with Crippen molar-refractivity contribution in [1.29, 1.82) is 0 Å². The van der Waals surface area contributed by atoms with Crippen LogP contribution in [-0.4, -0.2) is 35.5 Å². The number of nitrogens with one attached hydrogen (secondary N) is 2. The van der Waals surface area contributed by atoms with E-state index in [0.29, 0.717) is 10.8 Å². The SMILES string of the molecule is Cl.Cl.O=C(NCCC1CCNC1)c1cnc(-c2ccncc2)s1. The van der Waals surface area contributed by atoms with Crippen molar-refractivity contribution in [3.8, 4) is 10.6 Å². The van der Waals surface area contributed by atoms with Gasteiger partial charge in [0.15, 0.2) is 0 Å². The lowest BCUT2D eigenvalue weighted by molar-refractivity contribution is 0.0955. The summed E-state index contributed by atoms with van der Waals surface area (Å²) in [6, 6.07) is 3.79. The van der Waals surface area contributed by atoms with E-state index in [1.165, 1.54) is 17.8 Å². The highest BCUT2D eigenvalue weighted by Crippen LogP contribution is 2.24. The molecule has 0 bridgehead atoms. The molecule has 1 aliphatic heterocycles. The normalized spacial score (nSPS) is 16.3. The van der Waals surface area contributed by atoms with Crippen LogP contribution in [-0.2, 0) is 0 Å². The number of hydrogen-bond acceptors (Lipinski definition) is 5. The topological polar surface area (TPSA) is 66.9 Å². The number of aromatic nitrogens is 2. The van der Waals surface area contributed by atoms with Crippen LogP contribution in [0.5, 0.6) is 0 Å². The van der Waals surface area contributed by atoms with Gasteiger partial charge in [-0.25, -0.2) is 4.98 Å². The van der Waals surface area contributed by atoms with Crippen molar-refractivity contribution in [2.75, 3.05) is 19.6 Å². The molecule has 1 saturated heterocycles. The zero-order valence-electron chi connectivity index (χ0n) is 12.5. The predicted octanol–water partition coefficient (Wildman–Crippen LogP) is 2.78. The molecule has 3 heterocycles. The Hall–Kier alpha value is -1.21. The number of thiazole rings is 1. The standard InChI is InChI=1S/C15H18N4OS.2ClH/c20-14(18-8-2-11-1-5-17-9-11)13-10-19-15(21-13)12-3-6-16-7-4-12;;/h3-4,6-7,10-11,17H,1-2,5,8-9H2,(H,18,20);2*1H. The molecule has 1 atom stereocenters. The average molecular weight is 375 g/mol. The molecule has 8 heteroatoms. The van der Waals surface area contributed by atoms with Gasteiger partial charge in [0.05, 0.1) is 6.20 Å². The summed E-state index contributed by atoms with van der Waals surface area (Å²) in [5.41, 5.74) is 0.992. The van der Waals surface area contributed by atoms with Crippen molar-refractivity contribution in [3.05, 3.63) is 35.6 Å². The van der Waals surface area contributed by atoms with Gasteiger partial charge in [0.1, 0.15) is 9.88 Å². The maximum absolute atomic E-state index is 12.1. The minimum absolute atomic E-state index is 0. The number of halogens is 2. The van der Waals surface area contributed by atoms with E-state index >= 15 is 0 Å². The molecular formula is C15H20Cl2N4OS. The quantitative estimate of drug-likeness (QED) is 0.844. The van der Waals surface area contributed by atoms with Crippen LogP contribution in [0, 0.1) is 5.92 Å². The molecule has 1 fully saturated rings. The maximum Gasteiger partial charge on any atom is 0.263 e. The van der Waals surface area contributed by atoms with Crippen molar-refractivity contribution >= 4 is 42.1 Å². The third-order valence-electron chi connectivity index (χ3n) is 3.66. The molecule has 0 saturated carbocycles. The van der Waals surface area contributed by atoms with Crippen molar-refractivity contribution in [2.24, 2.45) is 5.92 Å². The smallest absolute Gasteiger partial charge is 0.263 e. The Balaban J connectivity index is 0.00000132. The van der Waals surface area contributed by atoms with Crippen LogP contribution in [0.1, 0.15) is 22.5 Å². The van der Waals surface area contributed by atoms with E-state index in [9.17, 15) is 4.79 Å². The van der Waals surface area contributed by atoms with Crippen LogP contribution in [0.15, 0.2) is 30.7 Å². The largest absolute Gasteiger partial charge is 0.351 e. The van der Waals surface area contributed by atoms with Gasteiger partial charge in [0, 0.05) is 24.5 Å². The molecule has 5 nitrogen and oxygen atoms in total. The summed E-state index contributed by atoms with van der Waals surface area (Å²) >= 11 is 1.41. The van der Waals surface area contributed by atoms with Gasteiger partial charge in [-0.05, 0) is 44.0 Å². The Morgan fingerprint density at radius 1 is 1.35 bits per heavy atom. The number of carbonyl (C=O) groups is 1. The van der Waals surface area contributed by atoms with Gasteiger partial charge in [0.25, 0.3) is 5.91 Å². The van der Waals surface area contributed by atoms with E-state index < -0.39 is 0 Å². The van der Waals surface area contributed by atoms with Gasteiger partial charge in [0.2, 0.25) is 0 Å². The minimum atomic E-state index is -0.0289. The van der Waals surface area contributed by atoms with E-state index in [1.54, 1.807) is 18.6 Å². The van der Waals surface area contributed by atoms with Crippen LogP contribution in [0.4, 0.5) is 0 Å². The summed E-state index contributed by atoms with van der Waals surface area (Å²) in [5.74, 6) is 0.665. The van der Waals surface area contributed by atoms with Gasteiger partial charge in [-0.1, -0.05) is 0 Å². The predicted molar refractivity (Wildman–Crippen MR) is 97.8 cm³/mol. The number of carbonyl (C=O) groups excluding carboxylic acids is 1. The summed E-state index contributed by atoms with van der Waals surface area (Å²) in [6.45, 7) is 2.90. The number of hydrogen-bond donors (Lipinski definition) is 2. The molecule has 0 aliphatic carbocycles. The van der Waals surface area contributed by atoms with Crippen LogP contribution < -0.4 is 10.6 Å². The lowest BCUT2D eigenvalue weighted by atomic mass is 10.1.